The van der Waals surface area contributed by atoms with Crippen molar-refractivity contribution in [3.05, 3.63) is 58.6 Å². The predicted molar refractivity (Wildman–Crippen MR) is 68.6 cm³/mol. The van der Waals surface area contributed by atoms with Gasteiger partial charge in [0.05, 0.1) is 5.56 Å². The summed E-state index contributed by atoms with van der Waals surface area (Å²) < 4.78 is 0. The number of carboxylic acid groups (broad SMARTS) is 1. The molecule has 0 unspecified atom stereocenters. The third-order valence-electron chi connectivity index (χ3n) is 2.62. The van der Waals surface area contributed by atoms with Gasteiger partial charge in [0.1, 0.15) is 0 Å². The van der Waals surface area contributed by atoms with Crippen molar-refractivity contribution in [3.8, 4) is 11.1 Å². The summed E-state index contributed by atoms with van der Waals surface area (Å²) in [5.74, 6) is -0.913. The molecule has 0 saturated heterocycles. The lowest BCUT2D eigenvalue weighted by molar-refractivity contribution is 0.0697. The molecule has 17 heavy (non-hydrogen) atoms. The van der Waals surface area contributed by atoms with E-state index in [1.54, 1.807) is 24.3 Å². The highest BCUT2D eigenvalue weighted by atomic mass is 35.5. The first kappa shape index (κ1) is 11.7. The Morgan fingerprint density at radius 3 is 2.18 bits per heavy atom. The van der Waals surface area contributed by atoms with Gasteiger partial charge in [-0.25, -0.2) is 4.79 Å². The van der Waals surface area contributed by atoms with E-state index in [9.17, 15) is 4.79 Å². The number of hydrogen-bond acceptors (Lipinski definition) is 1. The first-order valence-corrected chi connectivity index (χ1v) is 5.55. The highest BCUT2D eigenvalue weighted by Gasteiger charge is 2.04. The molecule has 0 fully saturated rings. The van der Waals surface area contributed by atoms with Crippen LogP contribution in [0.2, 0.25) is 5.02 Å². The number of aryl methyl sites for hydroxylation is 1. The molecule has 2 aromatic carbocycles. The molecule has 86 valence electrons. The largest absolute Gasteiger partial charge is 0.478 e. The van der Waals surface area contributed by atoms with E-state index in [-0.39, 0.29) is 0 Å². The van der Waals surface area contributed by atoms with Crippen molar-refractivity contribution in [2.75, 3.05) is 0 Å². The fraction of sp³-hybridized carbons (Fsp3) is 0.0714. The van der Waals surface area contributed by atoms with Crippen LogP contribution in [0.4, 0.5) is 0 Å². The quantitative estimate of drug-likeness (QED) is 0.869. The molecule has 0 bridgehead atoms. The summed E-state index contributed by atoms with van der Waals surface area (Å²) in [4.78, 5) is 10.7. The minimum absolute atomic E-state index is 0.291. The second-order valence-electron chi connectivity index (χ2n) is 3.85. The van der Waals surface area contributed by atoms with Crippen LogP contribution in [0.15, 0.2) is 42.5 Å². The molecule has 2 nitrogen and oxygen atoms in total. The molecule has 0 aromatic heterocycles. The molecule has 2 rings (SSSR count). The normalized spacial score (nSPS) is 10.2. The molecular weight excluding hydrogens is 236 g/mol. The molecule has 0 radical (unpaired) electrons. The third kappa shape index (κ3) is 2.48. The van der Waals surface area contributed by atoms with Crippen molar-refractivity contribution in [1.29, 1.82) is 0 Å². The van der Waals surface area contributed by atoms with Gasteiger partial charge < -0.3 is 5.11 Å². The van der Waals surface area contributed by atoms with E-state index in [0.29, 0.717) is 5.56 Å². The summed E-state index contributed by atoms with van der Waals surface area (Å²) in [5, 5.41) is 9.54. The van der Waals surface area contributed by atoms with Crippen molar-refractivity contribution in [2.24, 2.45) is 0 Å². The lowest BCUT2D eigenvalue weighted by atomic mass is 10.0. The van der Waals surface area contributed by atoms with Crippen LogP contribution in [-0.4, -0.2) is 11.1 Å². The Morgan fingerprint density at radius 2 is 1.65 bits per heavy atom. The first-order valence-electron chi connectivity index (χ1n) is 5.18. The molecule has 3 heteroatoms. The van der Waals surface area contributed by atoms with Crippen LogP contribution in [0.5, 0.6) is 0 Å². The molecule has 0 spiro atoms. The zero-order valence-corrected chi connectivity index (χ0v) is 10.0. The minimum atomic E-state index is -0.913. The van der Waals surface area contributed by atoms with Gasteiger partial charge in [0.15, 0.2) is 0 Å². The molecule has 0 heterocycles. The van der Waals surface area contributed by atoms with Crippen molar-refractivity contribution in [3.63, 3.8) is 0 Å². The molecule has 0 aliphatic rings. The fourth-order valence-electron chi connectivity index (χ4n) is 1.63. The van der Waals surface area contributed by atoms with Crippen LogP contribution < -0.4 is 0 Å². The van der Waals surface area contributed by atoms with E-state index >= 15 is 0 Å². The highest BCUT2D eigenvalue weighted by molar-refractivity contribution is 6.31. The summed E-state index contributed by atoms with van der Waals surface area (Å²) in [6.07, 6.45) is 0. The SMILES string of the molecule is Cc1cc(-c2ccc(C(=O)O)cc2)ccc1Cl. The Hall–Kier alpha value is -1.80. The standard InChI is InChI=1S/C14H11ClO2/c1-9-8-12(6-7-13(9)15)10-2-4-11(5-3-10)14(16)17/h2-8H,1H3,(H,16,17). The van der Waals surface area contributed by atoms with Crippen LogP contribution in [-0.2, 0) is 0 Å². The number of rotatable bonds is 2. The van der Waals surface area contributed by atoms with Crippen molar-refractivity contribution < 1.29 is 9.90 Å². The number of carboxylic acids is 1. The van der Waals surface area contributed by atoms with E-state index in [4.69, 9.17) is 16.7 Å². The van der Waals surface area contributed by atoms with Gasteiger partial charge in [0.25, 0.3) is 0 Å². The van der Waals surface area contributed by atoms with Crippen molar-refractivity contribution in [1.82, 2.24) is 0 Å². The van der Waals surface area contributed by atoms with Crippen LogP contribution in [0.25, 0.3) is 11.1 Å². The summed E-state index contributed by atoms with van der Waals surface area (Å²) in [6, 6.07) is 12.5. The zero-order chi connectivity index (χ0) is 12.4. The summed E-state index contributed by atoms with van der Waals surface area (Å²) in [7, 11) is 0. The maximum absolute atomic E-state index is 10.7. The summed E-state index contributed by atoms with van der Waals surface area (Å²) >= 11 is 5.96. The lowest BCUT2D eigenvalue weighted by Crippen LogP contribution is -1.94. The molecule has 1 N–H and O–H groups in total. The Balaban J connectivity index is 2.39. The van der Waals surface area contributed by atoms with Gasteiger partial charge in [0, 0.05) is 5.02 Å². The van der Waals surface area contributed by atoms with Gasteiger partial charge >= 0.3 is 5.97 Å². The summed E-state index contributed by atoms with van der Waals surface area (Å²) in [5.41, 5.74) is 3.31. The Morgan fingerprint density at radius 1 is 1.06 bits per heavy atom. The average molecular weight is 247 g/mol. The van der Waals surface area contributed by atoms with Crippen LogP contribution in [0.1, 0.15) is 15.9 Å². The predicted octanol–water partition coefficient (Wildman–Crippen LogP) is 4.01. The van der Waals surface area contributed by atoms with E-state index in [1.807, 2.05) is 25.1 Å². The molecule has 0 saturated carbocycles. The van der Waals surface area contributed by atoms with Gasteiger partial charge in [-0.2, -0.15) is 0 Å². The van der Waals surface area contributed by atoms with E-state index in [0.717, 1.165) is 21.7 Å². The van der Waals surface area contributed by atoms with Crippen molar-refractivity contribution in [2.45, 2.75) is 6.92 Å². The molecule has 0 aliphatic heterocycles. The molecule has 2 aromatic rings. The number of carbonyl (C=O) groups is 1. The highest BCUT2D eigenvalue weighted by Crippen LogP contribution is 2.24. The maximum Gasteiger partial charge on any atom is 0.335 e. The summed E-state index contributed by atoms with van der Waals surface area (Å²) in [6.45, 7) is 1.94. The van der Waals surface area contributed by atoms with Gasteiger partial charge in [-0.1, -0.05) is 29.8 Å². The minimum Gasteiger partial charge on any atom is -0.478 e. The number of hydrogen-bond donors (Lipinski definition) is 1. The Labute approximate surface area is 104 Å². The molecule has 0 atom stereocenters. The Bertz CT molecular complexity index is 559. The van der Waals surface area contributed by atoms with Crippen LogP contribution >= 0.6 is 11.6 Å². The smallest absolute Gasteiger partial charge is 0.335 e. The van der Waals surface area contributed by atoms with Gasteiger partial charge in [0.2, 0.25) is 0 Å². The fourth-order valence-corrected chi connectivity index (χ4v) is 1.75. The lowest BCUT2D eigenvalue weighted by Gasteiger charge is -2.05. The third-order valence-corrected chi connectivity index (χ3v) is 3.05. The van der Waals surface area contributed by atoms with Gasteiger partial charge in [-0.15, -0.1) is 0 Å². The number of aromatic carboxylic acids is 1. The molecule has 0 amide bonds. The average Bonchev–Trinajstić information content (AvgIpc) is 2.33. The van der Waals surface area contributed by atoms with E-state index in [1.165, 1.54) is 0 Å². The van der Waals surface area contributed by atoms with Crippen LogP contribution in [0, 0.1) is 6.92 Å². The van der Waals surface area contributed by atoms with Crippen LogP contribution in [0.3, 0.4) is 0 Å². The second-order valence-corrected chi connectivity index (χ2v) is 4.25. The maximum atomic E-state index is 10.7. The van der Waals surface area contributed by atoms with Gasteiger partial charge in [-0.3, -0.25) is 0 Å². The van der Waals surface area contributed by atoms with Gasteiger partial charge in [-0.05, 0) is 47.9 Å². The monoisotopic (exact) mass is 246 g/mol. The second kappa shape index (κ2) is 4.60. The zero-order valence-electron chi connectivity index (χ0n) is 9.27. The topological polar surface area (TPSA) is 37.3 Å². The number of halogens is 1. The van der Waals surface area contributed by atoms with E-state index in [2.05, 4.69) is 0 Å². The Kier molecular flexibility index (Phi) is 3.16. The van der Waals surface area contributed by atoms with E-state index < -0.39 is 5.97 Å². The molecule has 0 aliphatic carbocycles. The first-order chi connectivity index (χ1) is 8.08. The van der Waals surface area contributed by atoms with Crippen molar-refractivity contribution >= 4 is 17.6 Å². The molecular formula is C14H11ClO2. The number of benzene rings is 2.